The lowest BCUT2D eigenvalue weighted by atomic mass is 9.92. The summed E-state index contributed by atoms with van der Waals surface area (Å²) in [6.07, 6.45) is 11.7. The quantitative estimate of drug-likeness (QED) is 0.224. The number of rotatable bonds is 6. The Kier molecular flexibility index (Phi) is 6.86. The van der Waals surface area contributed by atoms with Crippen LogP contribution in [0.3, 0.4) is 0 Å². The predicted octanol–water partition coefficient (Wildman–Crippen LogP) is 10.5. The maximum atomic E-state index is 2.39. The SMILES string of the molecule is CC1=CC2=C(/C(=C\c3ccc(C=C(c4ccc(C)cc4)c4ccc(C)cc4)cc3C)c3ccc(C)cc3)C2C=C1. The molecule has 196 valence electrons. The van der Waals surface area contributed by atoms with Gasteiger partial charge in [0, 0.05) is 5.92 Å². The summed E-state index contributed by atoms with van der Waals surface area (Å²) in [5, 5.41) is 0. The summed E-state index contributed by atoms with van der Waals surface area (Å²) in [6.45, 7) is 10.8. The van der Waals surface area contributed by atoms with Crippen molar-refractivity contribution < 1.29 is 0 Å². The fourth-order valence-electron chi connectivity index (χ4n) is 5.61. The summed E-state index contributed by atoms with van der Waals surface area (Å²) in [4.78, 5) is 0. The Bertz CT molecular complexity index is 1680. The van der Waals surface area contributed by atoms with E-state index >= 15 is 0 Å². The number of aryl methyl sites for hydroxylation is 4. The van der Waals surface area contributed by atoms with Crippen LogP contribution in [-0.4, -0.2) is 0 Å². The standard InChI is InChI=1S/C40H36/c1-26-6-14-32(15-7-26)37(33-16-8-27(2)9-17-33)24-31-13-20-35(30(5)23-31)25-38(34-18-10-28(3)11-19-34)40-36-21-12-29(4)22-39(36)40/h6-25,36H,1-5H3/b38-25-. The number of fused-ring (bicyclic) bond motifs is 1. The van der Waals surface area contributed by atoms with Crippen LogP contribution in [0.2, 0.25) is 0 Å². The van der Waals surface area contributed by atoms with Crippen molar-refractivity contribution in [1.82, 2.24) is 0 Å². The molecule has 0 N–H and O–H groups in total. The third-order valence-corrected chi connectivity index (χ3v) is 8.09. The highest BCUT2D eigenvalue weighted by atomic mass is 14.4. The van der Waals surface area contributed by atoms with Gasteiger partial charge in [-0.25, -0.2) is 0 Å². The van der Waals surface area contributed by atoms with Crippen LogP contribution in [-0.2, 0) is 0 Å². The third kappa shape index (κ3) is 5.36. The summed E-state index contributed by atoms with van der Waals surface area (Å²) in [5.41, 5.74) is 18.2. The number of hydrogen-bond acceptors (Lipinski definition) is 0. The fraction of sp³-hybridized carbons (Fsp3) is 0.150. The van der Waals surface area contributed by atoms with E-state index in [4.69, 9.17) is 0 Å². The van der Waals surface area contributed by atoms with Gasteiger partial charge in [-0.05, 0) is 102 Å². The zero-order valence-electron chi connectivity index (χ0n) is 24.1. The summed E-state index contributed by atoms with van der Waals surface area (Å²) in [6, 6.07) is 33.5. The van der Waals surface area contributed by atoms with Gasteiger partial charge in [-0.2, -0.15) is 0 Å². The van der Waals surface area contributed by atoms with Crippen molar-refractivity contribution in [2.45, 2.75) is 34.6 Å². The Balaban J connectivity index is 1.41. The molecule has 2 aliphatic carbocycles. The molecule has 0 heteroatoms. The second-order valence-corrected chi connectivity index (χ2v) is 11.4. The zero-order valence-corrected chi connectivity index (χ0v) is 24.1. The van der Waals surface area contributed by atoms with Gasteiger partial charge in [0.2, 0.25) is 0 Å². The van der Waals surface area contributed by atoms with E-state index in [1.54, 1.807) is 0 Å². The van der Waals surface area contributed by atoms with Crippen LogP contribution >= 0.6 is 0 Å². The first-order valence-electron chi connectivity index (χ1n) is 14.2. The lowest BCUT2D eigenvalue weighted by Gasteiger charge is -2.12. The van der Waals surface area contributed by atoms with Gasteiger partial charge in [0.1, 0.15) is 0 Å². The van der Waals surface area contributed by atoms with Crippen molar-refractivity contribution in [3.05, 3.63) is 176 Å². The van der Waals surface area contributed by atoms with Crippen LogP contribution in [0.15, 0.2) is 126 Å². The van der Waals surface area contributed by atoms with Crippen molar-refractivity contribution in [3.63, 3.8) is 0 Å². The van der Waals surface area contributed by atoms with E-state index in [9.17, 15) is 0 Å². The Morgan fingerprint density at radius 2 is 1.10 bits per heavy atom. The van der Waals surface area contributed by atoms with Crippen molar-refractivity contribution >= 4 is 23.3 Å². The summed E-state index contributed by atoms with van der Waals surface area (Å²) in [5.74, 6) is 0.449. The van der Waals surface area contributed by atoms with Crippen LogP contribution in [0.25, 0.3) is 23.3 Å². The molecule has 0 bridgehead atoms. The Morgan fingerprint density at radius 1 is 0.575 bits per heavy atom. The van der Waals surface area contributed by atoms with Gasteiger partial charge in [-0.15, -0.1) is 0 Å². The fourth-order valence-corrected chi connectivity index (χ4v) is 5.61. The Labute approximate surface area is 239 Å². The normalized spacial score (nSPS) is 16.0. The number of benzene rings is 4. The molecular formula is C40H36. The Hall–Kier alpha value is -4.42. The molecule has 6 rings (SSSR count). The van der Waals surface area contributed by atoms with Crippen LogP contribution in [0.4, 0.5) is 0 Å². The van der Waals surface area contributed by atoms with Crippen LogP contribution in [0, 0.1) is 33.6 Å². The van der Waals surface area contributed by atoms with Crippen LogP contribution < -0.4 is 0 Å². The van der Waals surface area contributed by atoms with Gasteiger partial charge in [0.15, 0.2) is 0 Å². The molecule has 40 heavy (non-hydrogen) atoms. The molecule has 0 amide bonds. The van der Waals surface area contributed by atoms with E-state index in [1.807, 2.05) is 0 Å². The third-order valence-electron chi connectivity index (χ3n) is 8.09. The molecule has 0 fully saturated rings. The van der Waals surface area contributed by atoms with Crippen molar-refractivity contribution in [3.8, 4) is 0 Å². The molecule has 4 aromatic carbocycles. The Morgan fingerprint density at radius 3 is 1.60 bits per heavy atom. The van der Waals surface area contributed by atoms with E-state index in [2.05, 4.69) is 156 Å². The molecule has 2 aliphatic rings. The molecular weight excluding hydrogens is 480 g/mol. The van der Waals surface area contributed by atoms with Crippen LogP contribution in [0.5, 0.6) is 0 Å². The molecule has 0 saturated carbocycles. The first-order valence-corrected chi connectivity index (χ1v) is 14.2. The molecule has 0 heterocycles. The molecule has 0 aliphatic heterocycles. The molecule has 0 saturated heterocycles. The summed E-state index contributed by atoms with van der Waals surface area (Å²) < 4.78 is 0. The van der Waals surface area contributed by atoms with E-state index in [0.29, 0.717) is 5.92 Å². The minimum Gasteiger partial charge on any atom is -0.0723 e. The highest BCUT2D eigenvalue weighted by Gasteiger charge is 2.36. The maximum Gasteiger partial charge on any atom is 0.0285 e. The highest BCUT2D eigenvalue weighted by Crippen LogP contribution is 2.52. The topological polar surface area (TPSA) is 0 Å². The second-order valence-electron chi connectivity index (χ2n) is 11.4. The minimum absolute atomic E-state index is 0.449. The van der Waals surface area contributed by atoms with Crippen LogP contribution in [0.1, 0.15) is 57.0 Å². The average molecular weight is 517 g/mol. The summed E-state index contributed by atoms with van der Waals surface area (Å²) >= 11 is 0. The number of hydrogen-bond donors (Lipinski definition) is 0. The van der Waals surface area contributed by atoms with Crippen molar-refractivity contribution in [2.75, 3.05) is 0 Å². The molecule has 1 unspecified atom stereocenters. The van der Waals surface area contributed by atoms with Gasteiger partial charge >= 0.3 is 0 Å². The van der Waals surface area contributed by atoms with Crippen molar-refractivity contribution in [2.24, 2.45) is 5.92 Å². The van der Waals surface area contributed by atoms with E-state index < -0.39 is 0 Å². The lowest BCUT2D eigenvalue weighted by Crippen LogP contribution is -1.91. The van der Waals surface area contributed by atoms with E-state index in [-0.39, 0.29) is 0 Å². The van der Waals surface area contributed by atoms with E-state index in [1.165, 1.54) is 77.9 Å². The van der Waals surface area contributed by atoms with Crippen molar-refractivity contribution in [1.29, 1.82) is 0 Å². The molecule has 1 atom stereocenters. The molecule has 0 radical (unpaired) electrons. The van der Waals surface area contributed by atoms with E-state index in [0.717, 1.165) is 0 Å². The summed E-state index contributed by atoms with van der Waals surface area (Å²) in [7, 11) is 0. The first kappa shape index (κ1) is 25.8. The lowest BCUT2D eigenvalue weighted by molar-refractivity contribution is 1.15. The molecule has 4 aromatic rings. The number of allylic oxidation sites excluding steroid dienone is 7. The molecule has 0 spiro atoms. The maximum absolute atomic E-state index is 2.39. The minimum atomic E-state index is 0.449. The van der Waals surface area contributed by atoms with Gasteiger partial charge in [-0.3, -0.25) is 0 Å². The second kappa shape index (κ2) is 10.6. The monoisotopic (exact) mass is 516 g/mol. The predicted molar refractivity (Wildman–Crippen MR) is 173 cm³/mol. The largest absolute Gasteiger partial charge is 0.0723 e. The first-order chi connectivity index (χ1) is 19.4. The van der Waals surface area contributed by atoms with Gasteiger partial charge in [-0.1, -0.05) is 131 Å². The molecule has 0 nitrogen and oxygen atoms in total. The zero-order chi connectivity index (χ0) is 27.8. The highest BCUT2D eigenvalue weighted by molar-refractivity contribution is 5.98. The van der Waals surface area contributed by atoms with Gasteiger partial charge < -0.3 is 0 Å². The smallest absolute Gasteiger partial charge is 0.0285 e. The van der Waals surface area contributed by atoms with Gasteiger partial charge in [0.25, 0.3) is 0 Å². The molecule has 0 aromatic heterocycles. The van der Waals surface area contributed by atoms with Gasteiger partial charge in [0.05, 0.1) is 0 Å². The average Bonchev–Trinajstić information content (AvgIpc) is 3.65.